The molecule has 0 aliphatic rings. The quantitative estimate of drug-likeness (QED) is 0.427. The summed E-state index contributed by atoms with van der Waals surface area (Å²) in [6.07, 6.45) is 0.236. The van der Waals surface area contributed by atoms with Crippen molar-refractivity contribution in [1.29, 1.82) is 0 Å². The third-order valence-electron chi connectivity index (χ3n) is 3.99. The van der Waals surface area contributed by atoms with Gasteiger partial charge in [-0.05, 0) is 47.2 Å². The van der Waals surface area contributed by atoms with Crippen LogP contribution in [0.4, 0.5) is 9.18 Å². The molecule has 0 aliphatic heterocycles. The van der Waals surface area contributed by atoms with E-state index in [4.69, 9.17) is 14.2 Å². The Hall–Kier alpha value is -2.35. The summed E-state index contributed by atoms with van der Waals surface area (Å²) in [6, 6.07) is 2.37. The molecule has 1 amide bonds. The highest BCUT2D eigenvalue weighted by Gasteiger charge is 2.22. The fourth-order valence-electron chi connectivity index (χ4n) is 2.97. The fourth-order valence-corrected chi connectivity index (χ4v) is 2.97. The summed E-state index contributed by atoms with van der Waals surface area (Å²) in [4.78, 5) is 26.5. The smallest absolute Gasteiger partial charge is 0.407 e. The van der Waals surface area contributed by atoms with Crippen LogP contribution in [0.5, 0.6) is 11.5 Å². The number of ketones is 1. The molecule has 0 aromatic heterocycles. The number of carbonyl (C=O) groups is 2. The maximum Gasteiger partial charge on any atom is 0.407 e. The van der Waals surface area contributed by atoms with Gasteiger partial charge in [-0.15, -0.1) is 0 Å². The van der Waals surface area contributed by atoms with E-state index in [1.807, 2.05) is 25.9 Å². The number of carbonyl (C=O) groups excluding carboxylic acids is 2. The number of benzene rings is 1. The van der Waals surface area contributed by atoms with Crippen LogP contribution in [0.3, 0.4) is 0 Å². The van der Waals surface area contributed by atoms with Crippen molar-refractivity contribution >= 4 is 11.9 Å². The highest BCUT2D eigenvalue weighted by Crippen LogP contribution is 2.32. The Morgan fingerprint density at radius 1 is 1.20 bits per heavy atom. The lowest BCUT2D eigenvalue weighted by atomic mass is 9.98. The minimum atomic E-state index is -0.572. The van der Waals surface area contributed by atoms with Crippen LogP contribution < -0.4 is 14.8 Å². The molecular formula is C22H35FN2O5. The van der Waals surface area contributed by atoms with E-state index in [0.717, 1.165) is 6.54 Å². The summed E-state index contributed by atoms with van der Waals surface area (Å²) < 4.78 is 30.1. The highest BCUT2D eigenvalue weighted by molar-refractivity contribution is 6.01. The van der Waals surface area contributed by atoms with Crippen molar-refractivity contribution in [2.45, 2.75) is 46.1 Å². The Labute approximate surface area is 178 Å². The molecular weight excluding hydrogens is 391 g/mol. The molecule has 0 heterocycles. The van der Waals surface area contributed by atoms with Crippen LogP contribution in [-0.2, 0) is 4.74 Å². The fraction of sp³-hybridized carbons (Fsp3) is 0.636. The van der Waals surface area contributed by atoms with Crippen LogP contribution in [0.15, 0.2) is 12.1 Å². The summed E-state index contributed by atoms with van der Waals surface area (Å²) >= 11 is 0. The third-order valence-corrected chi connectivity index (χ3v) is 3.99. The Balaban J connectivity index is 2.76. The summed E-state index contributed by atoms with van der Waals surface area (Å²) in [5, 5.41) is 2.63. The molecule has 1 aromatic carbocycles. The largest absolute Gasteiger partial charge is 0.496 e. The molecule has 30 heavy (non-hydrogen) atoms. The summed E-state index contributed by atoms with van der Waals surface area (Å²) in [5.74, 6) is -0.298. The number of halogens is 1. The van der Waals surface area contributed by atoms with Gasteiger partial charge in [-0.2, -0.15) is 0 Å². The van der Waals surface area contributed by atoms with Crippen LogP contribution >= 0.6 is 0 Å². The standard InChI is InChI=1S/C22H35FN2O5/c1-15(14-25(5)6)11-17(26)20-18(28-7)12-16(23)13-19(20)29-10-8-9-24-21(27)30-22(2,3)4/h12-13,15H,8-11,14H2,1-7H3,(H,24,27)/t15-/m1/s1. The first-order valence-electron chi connectivity index (χ1n) is 10.1. The second-order valence-electron chi connectivity index (χ2n) is 8.61. The molecule has 0 spiro atoms. The third kappa shape index (κ3) is 9.43. The van der Waals surface area contributed by atoms with Gasteiger partial charge in [-0.1, -0.05) is 6.92 Å². The summed E-state index contributed by atoms with van der Waals surface area (Å²) in [5.41, 5.74) is -0.331. The molecule has 1 N–H and O–H groups in total. The van der Waals surface area contributed by atoms with E-state index in [-0.39, 0.29) is 41.8 Å². The molecule has 0 fully saturated rings. The van der Waals surface area contributed by atoms with Gasteiger partial charge in [0, 0.05) is 31.6 Å². The van der Waals surface area contributed by atoms with Crippen LogP contribution in [0.25, 0.3) is 0 Å². The van der Waals surface area contributed by atoms with E-state index in [2.05, 4.69) is 5.32 Å². The van der Waals surface area contributed by atoms with E-state index in [1.165, 1.54) is 19.2 Å². The van der Waals surface area contributed by atoms with Gasteiger partial charge >= 0.3 is 6.09 Å². The van der Waals surface area contributed by atoms with Gasteiger partial charge in [0.2, 0.25) is 0 Å². The van der Waals surface area contributed by atoms with Gasteiger partial charge in [0.1, 0.15) is 28.5 Å². The van der Waals surface area contributed by atoms with Gasteiger partial charge < -0.3 is 24.4 Å². The number of rotatable bonds is 11. The van der Waals surface area contributed by atoms with E-state index < -0.39 is 17.5 Å². The second kappa shape index (κ2) is 11.7. The van der Waals surface area contributed by atoms with Gasteiger partial charge in [-0.25, -0.2) is 9.18 Å². The van der Waals surface area contributed by atoms with E-state index >= 15 is 0 Å². The van der Waals surface area contributed by atoms with E-state index in [9.17, 15) is 14.0 Å². The summed E-state index contributed by atoms with van der Waals surface area (Å²) in [6.45, 7) is 8.60. The van der Waals surface area contributed by atoms with Gasteiger partial charge in [-0.3, -0.25) is 4.79 Å². The Morgan fingerprint density at radius 2 is 1.83 bits per heavy atom. The number of alkyl carbamates (subject to hydrolysis) is 1. The first-order valence-corrected chi connectivity index (χ1v) is 10.1. The molecule has 0 saturated heterocycles. The van der Waals surface area contributed by atoms with Crippen molar-refractivity contribution in [2.24, 2.45) is 5.92 Å². The normalized spacial score (nSPS) is 12.4. The van der Waals surface area contributed by atoms with Crippen molar-refractivity contribution < 1.29 is 28.2 Å². The Kier molecular flexibility index (Phi) is 10.0. The number of ether oxygens (including phenoxy) is 3. The SMILES string of the molecule is COc1cc(F)cc(OCCCNC(=O)OC(C)(C)C)c1C(=O)C[C@@H](C)CN(C)C. The van der Waals surface area contributed by atoms with E-state index in [0.29, 0.717) is 13.0 Å². The monoisotopic (exact) mass is 426 g/mol. The average molecular weight is 427 g/mol. The molecule has 7 nitrogen and oxygen atoms in total. The number of amides is 1. The molecule has 0 aliphatic carbocycles. The maximum atomic E-state index is 14.0. The van der Waals surface area contributed by atoms with Crippen LogP contribution in [0.1, 0.15) is 50.9 Å². The molecule has 0 unspecified atom stereocenters. The zero-order chi connectivity index (χ0) is 22.9. The first-order chi connectivity index (χ1) is 13.9. The molecule has 0 radical (unpaired) electrons. The minimum absolute atomic E-state index is 0.119. The second-order valence-corrected chi connectivity index (χ2v) is 8.61. The average Bonchev–Trinajstić information content (AvgIpc) is 2.58. The molecule has 170 valence electrons. The molecule has 0 bridgehead atoms. The Bertz CT molecular complexity index is 716. The lowest BCUT2D eigenvalue weighted by Gasteiger charge is -2.20. The predicted molar refractivity (Wildman–Crippen MR) is 114 cm³/mol. The van der Waals surface area contributed by atoms with Crippen molar-refractivity contribution in [3.63, 3.8) is 0 Å². The molecule has 1 atom stereocenters. The number of hydrogen-bond acceptors (Lipinski definition) is 6. The highest BCUT2D eigenvalue weighted by atomic mass is 19.1. The zero-order valence-electron chi connectivity index (χ0n) is 19.1. The van der Waals surface area contributed by atoms with E-state index in [1.54, 1.807) is 20.8 Å². The molecule has 0 saturated carbocycles. The zero-order valence-corrected chi connectivity index (χ0v) is 19.1. The lowest BCUT2D eigenvalue weighted by Crippen LogP contribution is -2.33. The predicted octanol–water partition coefficient (Wildman–Crippen LogP) is 3.90. The maximum absolute atomic E-state index is 14.0. The van der Waals surface area contributed by atoms with Crippen molar-refractivity contribution in [2.75, 3.05) is 40.9 Å². The van der Waals surface area contributed by atoms with Gasteiger partial charge in [0.25, 0.3) is 0 Å². The number of methoxy groups -OCH3 is 1. The number of hydrogen-bond donors (Lipinski definition) is 1. The molecule has 1 aromatic rings. The number of nitrogens with zero attached hydrogens (tertiary/aromatic N) is 1. The van der Waals surface area contributed by atoms with Crippen LogP contribution in [0, 0.1) is 11.7 Å². The number of Topliss-reactive ketones (excluding diaryl/α,β-unsaturated/α-hetero) is 1. The topological polar surface area (TPSA) is 77.1 Å². The van der Waals surface area contributed by atoms with Crippen LogP contribution in [-0.4, -0.2) is 63.3 Å². The van der Waals surface area contributed by atoms with Gasteiger partial charge in [0.15, 0.2) is 5.78 Å². The Morgan fingerprint density at radius 3 is 2.40 bits per heavy atom. The summed E-state index contributed by atoms with van der Waals surface area (Å²) in [7, 11) is 5.28. The number of nitrogens with one attached hydrogen (secondary N) is 1. The lowest BCUT2D eigenvalue weighted by molar-refractivity contribution is 0.0525. The van der Waals surface area contributed by atoms with Crippen LogP contribution in [0.2, 0.25) is 0 Å². The van der Waals surface area contributed by atoms with Crippen molar-refractivity contribution in [3.8, 4) is 11.5 Å². The molecule has 8 heteroatoms. The first kappa shape index (κ1) is 25.7. The van der Waals surface area contributed by atoms with Crippen molar-refractivity contribution in [1.82, 2.24) is 10.2 Å². The molecule has 1 rings (SSSR count). The van der Waals surface area contributed by atoms with Gasteiger partial charge in [0.05, 0.1) is 13.7 Å². The minimum Gasteiger partial charge on any atom is -0.496 e. The van der Waals surface area contributed by atoms with Crippen molar-refractivity contribution in [3.05, 3.63) is 23.5 Å².